The molecule has 0 aliphatic heterocycles. The first-order chi connectivity index (χ1) is 5.81. The maximum absolute atomic E-state index is 4.14. The van der Waals surface area contributed by atoms with Crippen LogP contribution in [0.4, 0.5) is 0 Å². The average Bonchev–Trinajstić information content (AvgIpc) is 2.06. The number of hydrogen-bond acceptors (Lipinski definition) is 4. The van der Waals surface area contributed by atoms with Crippen molar-refractivity contribution in [1.29, 1.82) is 0 Å². The van der Waals surface area contributed by atoms with Crippen molar-refractivity contribution >= 4 is 48.8 Å². The normalized spacial score (nSPS) is 10.2. The van der Waals surface area contributed by atoms with E-state index < -0.39 is 0 Å². The van der Waals surface area contributed by atoms with Gasteiger partial charge in [0.1, 0.15) is 0 Å². The maximum Gasteiger partial charge on any atom is 0.0149 e. The van der Waals surface area contributed by atoms with Crippen molar-refractivity contribution in [1.82, 2.24) is 0 Å². The quantitative estimate of drug-likeness (QED) is 0.380. The van der Waals surface area contributed by atoms with Gasteiger partial charge < -0.3 is 0 Å². The molecular weight excluding hydrogens is 224 g/mol. The van der Waals surface area contributed by atoms with E-state index in [0.29, 0.717) is 0 Å². The molecule has 0 aromatic rings. The molecule has 0 heterocycles. The zero-order valence-electron chi connectivity index (χ0n) is 7.16. The van der Waals surface area contributed by atoms with Gasteiger partial charge in [0.15, 0.2) is 0 Å². The zero-order valence-corrected chi connectivity index (χ0v) is 10.6. The molecule has 72 valence electrons. The summed E-state index contributed by atoms with van der Waals surface area (Å²) in [6.07, 6.45) is 0. The monoisotopic (exact) mass is 240 g/mol. The molecule has 0 bridgehead atoms. The Bertz CT molecular complexity index is 102. The average molecular weight is 240 g/mol. The van der Waals surface area contributed by atoms with Crippen LogP contribution in [-0.2, 0) is 0 Å². The molecule has 12 heavy (non-hydrogen) atoms. The van der Waals surface area contributed by atoms with Crippen LogP contribution in [0.5, 0.6) is 0 Å². The fourth-order valence-corrected chi connectivity index (χ4v) is 2.84. The van der Waals surface area contributed by atoms with Gasteiger partial charge in [-0.25, -0.2) is 0 Å². The fourth-order valence-electron chi connectivity index (χ4n) is 0.604. The Morgan fingerprint density at radius 2 is 1.42 bits per heavy atom. The summed E-state index contributed by atoms with van der Waals surface area (Å²) in [5.41, 5.74) is 1.33. The van der Waals surface area contributed by atoms with E-state index in [2.05, 4.69) is 31.8 Å². The molecule has 0 atom stereocenters. The van der Waals surface area contributed by atoms with Crippen molar-refractivity contribution in [3.63, 3.8) is 0 Å². The van der Waals surface area contributed by atoms with E-state index in [1.165, 1.54) is 5.57 Å². The van der Waals surface area contributed by atoms with Crippen molar-refractivity contribution in [3.8, 4) is 0 Å². The van der Waals surface area contributed by atoms with Gasteiger partial charge in [-0.1, -0.05) is 12.2 Å². The van der Waals surface area contributed by atoms with Crippen LogP contribution in [0.2, 0.25) is 0 Å². The lowest BCUT2D eigenvalue weighted by molar-refractivity contribution is 1.43. The van der Waals surface area contributed by atoms with E-state index in [-0.39, 0.29) is 0 Å². The second kappa shape index (κ2) is 10.2. The van der Waals surface area contributed by atoms with Gasteiger partial charge in [-0.3, -0.25) is 0 Å². The molecule has 0 saturated carbocycles. The van der Waals surface area contributed by atoms with Gasteiger partial charge in [-0.05, 0) is 11.5 Å². The Hall–Kier alpha value is 1.14. The van der Waals surface area contributed by atoms with E-state index in [1.54, 1.807) is 0 Å². The molecule has 0 fully saturated rings. The SMILES string of the molecule is C=C(CSCCS)CSCCS. The van der Waals surface area contributed by atoms with Crippen LogP contribution in [-0.4, -0.2) is 34.5 Å². The number of rotatable bonds is 8. The first-order valence-corrected chi connectivity index (χ1v) is 7.42. The minimum absolute atomic E-state index is 0.960. The van der Waals surface area contributed by atoms with E-state index in [1.807, 2.05) is 23.5 Å². The molecule has 0 aromatic carbocycles. The summed E-state index contributed by atoms with van der Waals surface area (Å²) >= 11 is 12.1. The first-order valence-electron chi connectivity index (χ1n) is 3.85. The number of thioether (sulfide) groups is 2. The Kier molecular flexibility index (Phi) is 11.2. The molecular formula is C8H16S4. The van der Waals surface area contributed by atoms with E-state index in [9.17, 15) is 0 Å². The third-order valence-corrected chi connectivity index (χ3v) is 4.35. The predicted molar refractivity (Wildman–Crippen MR) is 71.5 cm³/mol. The molecule has 0 unspecified atom stereocenters. The molecule has 0 aliphatic rings. The molecule has 0 aromatic heterocycles. The summed E-state index contributed by atoms with van der Waals surface area (Å²) in [7, 11) is 0. The van der Waals surface area contributed by atoms with Gasteiger partial charge in [0, 0.05) is 23.0 Å². The lowest BCUT2D eigenvalue weighted by atomic mass is 10.4. The highest BCUT2D eigenvalue weighted by molar-refractivity contribution is 8.01. The van der Waals surface area contributed by atoms with E-state index >= 15 is 0 Å². The van der Waals surface area contributed by atoms with Gasteiger partial charge >= 0.3 is 0 Å². The van der Waals surface area contributed by atoms with Crippen LogP contribution in [0.1, 0.15) is 0 Å². The standard InChI is InChI=1S/C8H16S4/c1-8(6-11-4-2-9)7-12-5-3-10/h9-10H,1-7H2. The fraction of sp³-hybridized carbons (Fsp3) is 0.750. The van der Waals surface area contributed by atoms with Crippen LogP contribution in [0.15, 0.2) is 12.2 Å². The molecule has 0 N–H and O–H groups in total. The van der Waals surface area contributed by atoms with Crippen molar-refractivity contribution < 1.29 is 0 Å². The highest BCUT2D eigenvalue weighted by Crippen LogP contribution is 2.12. The summed E-state index contributed by atoms with van der Waals surface area (Å²) in [5, 5.41) is 0. The summed E-state index contributed by atoms with van der Waals surface area (Å²) < 4.78 is 0. The lowest BCUT2D eigenvalue weighted by Crippen LogP contribution is -1.93. The first kappa shape index (κ1) is 13.1. The number of hydrogen-bond donors (Lipinski definition) is 2. The summed E-state index contributed by atoms with van der Waals surface area (Å²) in [5.74, 6) is 6.34. The van der Waals surface area contributed by atoms with Crippen molar-refractivity contribution in [3.05, 3.63) is 12.2 Å². The molecule has 0 rings (SSSR count). The third kappa shape index (κ3) is 9.23. The summed E-state index contributed by atoms with van der Waals surface area (Å²) in [6, 6.07) is 0. The van der Waals surface area contributed by atoms with Crippen LogP contribution < -0.4 is 0 Å². The second-order valence-electron chi connectivity index (χ2n) is 2.30. The van der Waals surface area contributed by atoms with Gasteiger partial charge in [0.25, 0.3) is 0 Å². The Balaban J connectivity index is 3.10. The Labute approximate surface area is 95.2 Å². The lowest BCUT2D eigenvalue weighted by Gasteiger charge is -2.03. The second-order valence-corrected chi connectivity index (χ2v) is 5.41. The molecule has 0 aliphatic carbocycles. The topological polar surface area (TPSA) is 0 Å². The van der Waals surface area contributed by atoms with Crippen molar-refractivity contribution in [2.45, 2.75) is 0 Å². The van der Waals surface area contributed by atoms with Crippen LogP contribution in [0, 0.1) is 0 Å². The molecule has 4 heteroatoms. The van der Waals surface area contributed by atoms with Gasteiger partial charge in [0.2, 0.25) is 0 Å². The molecule has 0 spiro atoms. The van der Waals surface area contributed by atoms with Gasteiger partial charge in [0.05, 0.1) is 0 Å². The molecule has 0 saturated heterocycles. The van der Waals surface area contributed by atoms with Crippen molar-refractivity contribution in [2.75, 3.05) is 34.5 Å². The van der Waals surface area contributed by atoms with Crippen molar-refractivity contribution in [2.24, 2.45) is 0 Å². The largest absolute Gasteiger partial charge is 0.179 e. The minimum Gasteiger partial charge on any atom is -0.179 e. The third-order valence-electron chi connectivity index (χ3n) is 1.08. The number of thiol groups is 2. The van der Waals surface area contributed by atoms with Gasteiger partial charge in [-0.2, -0.15) is 48.8 Å². The van der Waals surface area contributed by atoms with Gasteiger partial charge in [-0.15, -0.1) is 0 Å². The Morgan fingerprint density at radius 1 is 1.00 bits per heavy atom. The van der Waals surface area contributed by atoms with Crippen LogP contribution >= 0.6 is 48.8 Å². The smallest absolute Gasteiger partial charge is 0.0149 e. The van der Waals surface area contributed by atoms with E-state index in [0.717, 1.165) is 34.5 Å². The van der Waals surface area contributed by atoms with Crippen LogP contribution in [0.3, 0.4) is 0 Å². The van der Waals surface area contributed by atoms with E-state index in [4.69, 9.17) is 0 Å². The summed E-state index contributed by atoms with van der Waals surface area (Å²) in [4.78, 5) is 0. The predicted octanol–water partition coefficient (Wildman–Crippen LogP) is 2.87. The Morgan fingerprint density at radius 3 is 1.75 bits per heavy atom. The highest BCUT2D eigenvalue weighted by Gasteiger charge is 1.94. The maximum atomic E-state index is 4.14. The minimum atomic E-state index is 0.960. The molecule has 0 nitrogen and oxygen atoms in total. The van der Waals surface area contributed by atoms with Crippen LogP contribution in [0.25, 0.3) is 0 Å². The highest BCUT2D eigenvalue weighted by atomic mass is 32.2. The molecule has 0 radical (unpaired) electrons. The molecule has 0 amide bonds. The zero-order chi connectivity index (χ0) is 9.23. The summed E-state index contributed by atoms with van der Waals surface area (Å²) in [6.45, 7) is 4.01.